The third kappa shape index (κ3) is 3.00. The molecule has 3 aromatic carbocycles. The first-order chi connectivity index (χ1) is 13.5. The van der Waals surface area contributed by atoms with Crippen molar-refractivity contribution in [1.29, 1.82) is 0 Å². The summed E-state index contributed by atoms with van der Waals surface area (Å²) in [5, 5.41) is 10.7. The summed E-state index contributed by atoms with van der Waals surface area (Å²) in [6.07, 6.45) is 0.628. The van der Waals surface area contributed by atoms with Gasteiger partial charge in [0.1, 0.15) is 11.5 Å². The van der Waals surface area contributed by atoms with E-state index in [1.165, 1.54) is 24.3 Å². The first kappa shape index (κ1) is 18.1. The molecule has 5 nitrogen and oxygen atoms in total. The summed E-state index contributed by atoms with van der Waals surface area (Å²) in [6, 6.07) is 15.4. The van der Waals surface area contributed by atoms with Gasteiger partial charge in [-0.25, -0.2) is 0 Å². The molecule has 1 aliphatic carbocycles. The van der Waals surface area contributed by atoms with Gasteiger partial charge in [-0.2, -0.15) is 0 Å². The van der Waals surface area contributed by atoms with E-state index in [1.807, 2.05) is 30.3 Å². The maximum Gasteiger partial charge on any atom is 0.198 e. The van der Waals surface area contributed by atoms with Crippen molar-refractivity contribution in [2.45, 2.75) is 6.42 Å². The van der Waals surface area contributed by atoms with E-state index >= 15 is 0 Å². The molecular weight excluding hydrogens is 378 g/mol. The fourth-order valence-electron chi connectivity index (χ4n) is 3.34. The van der Waals surface area contributed by atoms with Crippen LogP contribution in [0.15, 0.2) is 54.6 Å². The maximum atomic E-state index is 13.0. The molecule has 0 heterocycles. The number of anilines is 1. The summed E-state index contributed by atoms with van der Waals surface area (Å²) in [5.41, 5.74) is 7.47. The van der Waals surface area contributed by atoms with Gasteiger partial charge < -0.3 is 15.6 Å². The van der Waals surface area contributed by atoms with E-state index in [1.54, 1.807) is 0 Å². The third-order valence-corrected chi connectivity index (χ3v) is 4.96. The molecule has 28 heavy (non-hydrogen) atoms. The van der Waals surface area contributed by atoms with Crippen molar-refractivity contribution in [3.8, 4) is 11.5 Å². The van der Waals surface area contributed by atoms with Crippen LogP contribution in [0.1, 0.15) is 37.4 Å². The number of carbonyl (C=O) groups is 2. The lowest BCUT2D eigenvalue weighted by Crippen LogP contribution is -2.23. The third-order valence-electron chi connectivity index (χ3n) is 4.72. The van der Waals surface area contributed by atoms with Crippen LogP contribution < -0.4 is 10.5 Å². The van der Waals surface area contributed by atoms with E-state index in [0.717, 1.165) is 5.56 Å². The normalized spacial score (nSPS) is 12.5. The number of ether oxygens (including phenoxy) is 1. The molecule has 6 heteroatoms. The molecular formula is C22H16ClNO4. The van der Waals surface area contributed by atoms with Crippen molar-refractivity contribution in [2.75, 3.05) is 12.3 Å². The van der Waals surface area contributed by atoms with Gasteiger partial charge in [-0.1, -0.05) is 41.9 Å². The van der Waals surface area contributed by atoms with Gasteiger partial charge in [0.25, 0.3) is 0 Å². The van der Waals surface area contributed by atoms with Crippen LogP contribution in [0.3, 0.4) is 0 Å². The Bertz CT molecular complexity index is 1110. The number of ketones is 2. The highest BCUT2D eigenvalue weighted by Gasteiger charge is 2.35. The van der Waals surface area contributed by atoms with E-state index in [0.29, 0.717) is 18.1 Å². The van der Waals surface area contributed by atoms with Crippen LogP contribution in [0.2, 0.25) is 5.02 Å². The number of nitrogen functional groups attached to an aromatic ring is 1. The van der Waals surface area contributed by atoms with Gasteiger partial charge >= 0.3 is 0 Å². The molecule has 140 valence electrons. The SMILES string of the molecule is Nc1c(OCCc2ccccc2)cc(O)c2c1C(=O)c1cc(Cl)ccc1C2=O. The van der Waals surface area contributed by atoms with Crippen LogP contribution in [0.4, 0.5) is 5.69 Å². The molecule has 0 aliphatic heterocycles. The van der Waals surface area contributed by atoms with E-state index in [2.05, 4.69) is 0 Å². The zero-order chi connectivity index (χ0) is 19.8. The Hall–Kier alpha value is -3.31. The number of aromatic hydroxyl groups is 1. The summed E-state index contributed by atoms with van der Waals surface area (Å²) in [6.45, 7) is 0.303. The van der Waals surface area contributed by atoms with Crippen LogP contribution in [0.25, 0.3) is 0 Å². The number of hydrogen-bond acceptors (Lipinski definition) is 5. The summed E-state index contributed by atoms with van der Waals surface area (Å²) in [5.74, 6) is -1.11. The largest absolute Gasteiger partial charge is 0.507 e. The quantitative estimate of drug-likeness (QED) is 0.403. The fraction of sp³-hybridized carbons (Fsp3) is 0.0909. The molecule has 0 atom stereocenters. The molecule has 0 aromatic heterocycles. The molecule has 0 unspecified atom stereocenters. The van der Waals surface area contributed by atoms with Crippen LogP contribution in [0.5, 0.6) is 11.5 Å². The highest BCUT2D eigenvalue weighted by molar-refractivity contribution is 6.34. The second-order valence-corrected chi connectivity index (χ2v) is 6.93. The molecule has 0 spiro atoms. The molecule has 0 amide bonds. The maximum absolute atomic E-state index is 13.0. The van der Waals surface area contributed by atoms with Crippen molar-refractivity contribution < 1.29 is 19.4 Å². The fourth-order valence-corrected chi connectivity index (χ4v) is 3.51. The summed E-state index contributed by atoms with van der Waals surface area (Å²) >= 11 is 5.98. The van der Waals surface area contributed by atoms with Gasteiger partial charge in [0.05, 0.1) is 23.4 Å². The number of phenolic OH excluding ortho intramolecular Hbond substituents is 1. The second-order valence-electron chi connectivity index (χ2n) is 6.49. The summed E-state index contributed by atoms with van der Waals surface area (Å²) < 4.78 is 5.71. The molecule has 4 rings (SSSR count). The van der Waals surface area contributed by atoms with E-state index < -0.39 is 11.6 Å². The number of phenols is 1. The standard InChI is InChI=1S/C22H16ClNO4/c23-13-6-7-14-15(10-13)22(27)19-18(21(14)26)16(25)11-17(20(19)24)28-9-8-12-4-2-1-3-5-12/h1-7,10-11,25H,8-9,24H2. The molecule has 1 aliphatic rings. The number of rotatable bonds is 4. The van der Waals surface area contributed by atoms with Crippen LogP contribution in [-0.4, -0.2) is 23.3 Å². The van der Waals surface area contributed by atoms with Crippen molar-refractivity contribution >= 4 is 28.9 Å². The van der Waals surface area contributed by atoms with Crippen molar-refractivity contribution in [3.63, 3.8) is 0 Å². The van der Waals surface area contributed by atoms with Crippen LogP contribution >= 0.6 is 11.6 Å². The lowest BCUT2D eigenvalue weighted by Gasteiger charge is -2.22. The smallest absolute Gasteiger partial charge is 0.198 e. The molecule has 3 aromatic rings. The Morgan fingerprint density at radius 3 is 2.39 bits per heavy atom. The highest BCUT2D eigenvalue weighted by Crippen LogP contribution is 2.41. The monoisotopic (exact) mass is 393 g/mol. The first-order valence-corrected chi connectivity index (χ1v) is 9.06. The zero-order valence-corrected chi connectivity index (χ0v) is 15.5. The van der Waals surface area contributed by atoms with Gasteiger partial charge in [-0.05, 0) is 23.8 Å². The second kappa shape index (κ2) is 7.02. The minimum Gasteiger partial charge on any atom is -0.507 e. The van der Waals surface area contributed by atoms with Gasteiger partial charge in [-0.3, -0.25) is 9.59 Å². The van der Waals surface area contributed by atoms with E-state index in [9.17, 15) is 14.7 Å². The number of nitrogens with two attached hydrogens (primary N) is 1. The van der Waals surface area contributed by atoms with Crippen molar-refractivity contribution in [2.24, 2.45) is 0 Å². The minimum absolute atomic E-state index is 0.0323. The number of carbonyl (C=O) groups excluding carboxylic acids is 2. The van der Waals surface area contributed by atoms with Gasteiger partial charge in [0.15, 0.2) is 11.6 Å². The van der Waals surface area contributed by atoms with E-state index in [4.69, 9.17) is 22.1 Å². The number of benzene rings is 3. The van der Waals surface area contributed by atoms with E-state index in [-0.39, 0.29) is 39.4 Å². The highest BCUT2D eigenvalue weighted by atomic mass is 35.5. The Balaban J connectivity index is 1.69. The molecule has 0 saturated carbocycles. The predicted molar refractivity (Wildman–Crippen MR) is 106 cm³/mol. The lowest BCUT2D eigenvalue weighted by atomic mass is 9.82. The topological polar surface area (TPSA) is 89.6 Å². The average molecular weight is 394 g/mol. The van der Waals surface area contributed by atoms with Crippen LogP contribution in [0, 0.1) is 0 Å². The molecule has 0 fully saturated rings. The lowest BCUT2D eigenvalue weighted by molar-refractivity contribution is 0.0977. The minimum atomic E-state index is -0.471. The molecule has 3 N–H and O–H groups in total. The Morgan fingerprint density at radius 2 is 1.64 bits per heavy atom. The first-order valence-electron chi connectivity index (χ1n) is 8.68. The van der Waals surface area contributed by atoms with Gasteiger partial charge in [0.2, 0.25) is 0 Å². The molecule has 0 radical (unpaired) electrons. The number of hydrogen-bond donors (Lipinski definition) is 2. The zero-order valence-electron chi connectivity index (χ0n) is 14.7. The summed E-state index contributed by atoms with van der Waals surface area (Å²) in [4.78, 5) is 25.8. The predicted octanol–water partition coefficient (Wildman–Crippen LogP) is 4.02. The Morgan fingerprint density at radius 1 is 0.929 bits per heavy atom. The Kier molecular flexibility index (Phi) is 4.53. The van der Waals surface area contributed by atoms with Crippen LogP contribution in [-0.2, 0) is 6.42 Å². The molecule has 0 bridgehead atoms. The number of fused-ring (bicyclic) bond motifs is 2. The number of halogens is 1. The summed E-state index contributed by atoms with van der Waals surface area (Å²) in [7, 11) is 0. The Labute approximate surface area is 166 Å². The van der Waals surface area contributed by atoms with Gasteiger partial charge in [0, 0.05) is 28.6 Å². The van der Waals surface area contributed by atoms with Crippen molar-refractivity contribution in [1.82, 2.24) is 0 Å². The molecule has 0 saturated heterocycles. The van der Waals surface area contributed by atoms with Crippen molar-refractivity contribution in [3.05, 3.63) is 87.4 Å². The van der Waals surface area contributed by atoms with Gasteiger partial charge in [-0.15, -0.1) is 0 Å². The average Bonchev–Trinajstić information content (AvgIpc) is 2.69.